The molecule has 2 aromatic rings. The van der Waals surface area contributed by atoms with E-state index in [0.717, 1.165) is 37.5 Å². The third-order valence-electron chi connectivity index (χ3n) is 5.13. The van der Waals surface area contributed by atoms with Gasteiger partial charge in [0.15, 0.2) is 0 Å². The average Bonchev–Trinajstić information content (AvgIpc) is 2.75. The van der Waals surface area contributed by atoms with Crippen LogP contribution < -0.4 is 20.3 Å². The molecule has 0 atom stereocenters. The highest BCUT2D eigenvalue weighted by molar-refractivity contribution is 5.91. The maximum Gasteiger partial charge on any atom is 0.225 e. The lowest BCUT2D eigenvalue weighted by Gasteiger charge is -2.28. The predicted octanol–water partition coefficient (Wildman–Crippen LogP) is 3.85. The maximum absolute atomic E-state index is 12.1. The van der Waals surface area contributed by atoms with Gasteiger partial charge in [-0.1, -0.05) is 12.1 Å². The van der Waals surface area contributed by atoms with E-state index in [1.807, 2.05) is 30.3 Å². The van der Waals surface area contributed by atoms with Gasteiger partial charge in [0.2, 0.25) is 5.91 Å². The van der Waals surface area contributed by atoms with E-state index in [0.29, 0.717) is 13.0 Å². The zero-order chi connectivity index (χ0) is 19.6. The van der Waals surface area contributed by atoms with Gasteiger partial charge in [-0.25, -0.2) is 0 Å². The fourth-order valence-electron chi connectivity index (χ4n) is 3.52. The van der Waals surface area contributed by atoms with Crippen LogP contribution in [0.25, 0.3) is 0 Å². The van der Waals surface area contributed by atoms with Crippen LogP contribution in [0.3, 0.4) is 0 Å². The van der Waals surface area contributed by atoms with Crippen LogP contribution in [0.15, 0.2) is 48.5 Å². The van der Waals surface area contributed by atoms with Gasteiger partial charge in [0.25, 0.3) is 0 Å². The number of hydrogen-bond acceptors (Lipinski definition) is 4. The van der Waals surface area contributed by atoms with Gasteiger partial charge in [-0.05, 0) is 74.2 Å². The van der Waals surface area contributed by atoms with Gasteiger partial charge >= 0.3 is 0 Å². The second-order valence-corrected chi connectivity index (χ2v) is 7.24. The molecule has 2 N–H and O–H groups in total. The molecule has 1 saturated heterocycles. The van der Waals surface area contributed by atoms with Crippen molar-refractivity contribution in [1.82, 2.24) is 5.32 Å². The molecule has 1 amide bonds. The zero-order valence-corrected chi connectivity index (χ0v) is 16.7. The molecule has 1 aliphatic rings. The van der Waals surface area contributed by atoms with Gasteiger partial charge in [-0.15, -0.1) is 0 Å². The molecule has 0 aromatic heterocycles. The quantitative estimate of drug-likeness (QED) is 0.648. The first kappa shape index (κ1) is 20.2. The number of hydrogen-bond donors (Lipinski definition) is 2. The Hall–Kier alpha value is -2.53. The highest BCUT2D eigenvalue weighted by Crippen LogP contribution is 2.21. The van der Waals surface area contributed by atoms with Crippen molar-refractivity contribution in [2.24, 2.45) is 0 Å². The average molecular weight is 382 g/mol. The summed E-state index contributed by atoms with van der Waals surface area (Å²) in [5.41, 5.74) is 3.34. The van der Waals surface area contributed by atoms with Gasteiger partial charge in [0.1, 0.15) is 5.75 Å². The van der Waals surface area contributed by atoms with Gasteiger partial charge in [-0.3, -0.25) is 4.79 Å². The van der Waals surface area contributed by atoms with Crippen molar-refractivity contribution >= 4 is 17.3 Å². The summed E-state index contributed by atoms with van der Waals surface area (Å²) in [6, 6.07) is 16.3. The minimum absolute atomic E-state index is 0.0413. The van der Waals surface area contributed by atoms with Gasteiger partial charge in [-0.2, -0.15) is 0 Å². The Morgan fingerprint density at radius 1 is 1.04 bits per heavy atom. The molecule has 0 radical (unpaired) electrons. The molecule has 1 heterocycles. The summed E-state index contributed by atoms with van der Waals surface area (Å²) in [6.45, 7) is 3.77. The van der Waals surface area contributed by atoms with Crippen molar-refractivity contribution in [3.63, 3.8) is 0 Å². The number of carbonyl (C=O) groups excluding carboxylic acids is 1. The number of anilines is 2. The minimum Gasteiger partial charge on any atom is -0.497 e. The van der Waals surface area contributed by atoms with Crippen LogP contribution in [-0.4, -0.2) is 39.2 Å². The molecule has 0 unspecified atom stereocenters. The second kappa shape index (κ2) is 10.7. The summed E-state index contributed by atoms with van der Waals surface area (Å²) >= 11 is 0. The van der Waals surface area contributed by atoms with E-state index in [2.05, 4.69) is 33.7 Å². The molecule has 2 aromatic carbocycles. The monoisotopic (exact) mass is 381 g/mol. The number of nitrogens with zero attached hydrogens (tertiary/aromatic N) is 1. The highest BCUT2D eigenvalue weighted by Gasteiger charge is 2.10. The Morgan fingerprint density at radius 3 is 2.57 bits per heavy atom. The summed E-state index contributed by atoms with van der Waals surface area (Å²) < 4.78 is 5.24. The van der Waals surface area contributed by atoms with Crippen molar-refractivity contribution in [2.45, 2.75) is 32.1 Å². The second-order valence-electron chi connectivity index (χ2n) is 7.24. The molecule has 5 heteroatoms. The van der Waals surface area contributed by atoms with Crippen molar-refractivity contribution in [1.29, 1.82) is 0 Å². The Morgan fingerprint density at radius 2 is 1.82 bits per heavy atom. The lowest BCUT2D eigenvalue weighted by molar-refractivity contribution is -0.116. The molecule has 1 aliphatic heterocycles. The zero-order valence-electron chi connectivity index (χ0n) is 16.7. The summed E-state index contributed by atoms with van der Waals surface area (Å²) in [7, 11) is 1.68. The number of ether oxygens (including phenoxy) is 1. The number of amides is 1. The first-order valence-electron chi connectivity index (χ1n) is 10.2. The van der Waals surface area contributed by atoms with Gasteiger partial charge in [0.05, 0.1) is 7.11 Å². The molecule has 5 nitrogen and oxygen atoms in total. The van der Waals surface area contributed by atoms with Gasteiger partial charge in [0, 0.05) is 37.4 Å². The first-order valence-corrected chi connectivity index (χ1v) is 10.2. The Bertz CT molecular complexity index is 740. The van der Waals surface area contributed by atoms with Crippen LogP contribution in [0.1, 0.15) is 31.2 Å². The number of nitrogens with one attached hydrogen (secondary N) is 2. The van der Waals surface area contributed by atoms with E-state index >= 15 is 0 Å². The van der Waals surface area contributed by atoms with Gasteiger partial charge < -0.3 is 20.3 Å². The molecule has 150 valence electrons. The molecule has 0 saturated carbocycles. The summed E-state index contributed by atoms with van der Waals surface area (Å²) in [4.78, 5) is 14.6. The SMILES string of the molecule is COc1cccc(CCNCCC(=O)Nc2ccc(N3CCCCC3)cc2)c1. The number of rotatable bonds is 9. The largest absolute Gasteiger partial charge is 0.497 e. The maximum atomic E-state index is 12.1. The third-order valence-corrected chi connectivity index (χ3v) is 5.13. The molecule has 1 fully saturated rings. The van der Waals surface area contributed by atoms with E-state index < -0.39 is 0 Å². The van der Waals surface area contributed by atoms with E-state index in [1.165, 1.54) is 30.5 Å². The smallest absolute Gasteiger partial charge is 0.225 e. The number of piperidine rings is 1. The topological polar surface area (TPSA) is 53.6 Å². The Kier molecular flexibility index (Phi) is 7.73. The van der Waals surface area contributed by atoms with E-state index in [4.69, 9.17) is 4.74 Å². The molecule has 0 bridgehead atoms. The normalized spacial score (nSPS) is 14.0. The molecule has 0 aliphatic carbocycles. The molecular weight excluding hydrogens is 350 g/mol. The van der Waals surface area contributed by atoms with Crippen LogP contribution in [0.4, 0.5) is 11.4 Å². The molecule has 3 rings (SSSR count). The number of carbonyl (C=O) groups is 1. The fraction of sp³-hybridized carbons (Fsp3) is 0.435. The highest BCUT2D eigenvalue weighted by atomic mass is 16.5. The molecule has 28 heavy (non-hydrogen) atoms. The number of benzene rings is 2. The lowest BCUT2D eigenvalue weighted by atomic mass is 10.1. The molecular formula is C23H31N3O2. The lowest BCUT2D eigenvalue weighted by Crippen LogP contribution is -2.29. The Labute approximate surface area is 168 Å². The van der Waals surface area contributed by atoms with Crippen molar-refractivity contribution < 1.29 is 9.53 Å². The van der Waals surface area contributed by atoms with Crippen LogP contribution in [0, 0.1) is 0 Å². The summed E-state index contributed by atoms with van der Waals surface area (Å²) in [6.07, 6.45) is 5.24. The number of methoxy groups -OCH3 is 1. The first-order chi connectivity index (χ1) is 13.7. The Balaban J connectivity index is 1.33. The fourth-order valence-corrected chi connectivity index (χ4v) is 3.52. The van der Waals surface area contributed by atoms with Crippen LogP contribution >= 0.6 is 0 Å². The van der Waals surface area contributed by atoms with Crippen LogP contribution in [-0.2, 0) is 11.2 Å². The molecule has 0 spiro atoms. The van der Waals surface area contributed by atoms with E-state index in [1.54, 1.807) is 7.11 Å². The van der Waals surface area contributed by atoms with E-state index in [-0.39, 0.29) is 5.91 Å². The van der Waals surface area contributed by atoms with Crippen molar-refractivity contribution in [2.75, 3.05) is 43.5 Å². The standard InChI is InChI=1S/C23H31N3O2/c1-28-22-7-5-6-19(18-22)12-14-24-15-13-23(27)25-20-8-10-21(11-9-20)26-16-3-2-4-17-26/h5-11,18,24H,2-4,12-17H2,1H3,(H,25,27). The summed E-state index contributed by atoms with van der Waals surface area (Å²) in [5, 5.41) is 6.31. The third kappa shape index (κ3) is 6.27. The van der Waals surface area contributed by atoms with E-state index in [9.17, 15) is 4.79 Å². The van der Waals surface area contributed by atoms with Crippen LogP contribution in [0.2, 0.25) is 0 Å². The van der Waals surface area contributed by atoms with Crippen molar-refractivity contribution in [3.8, 4) is 5.75 Å². The van der Waals surface area contributed by atoms with Crippen LogP contribution in [0.5, 0.6) is 5.75 Å². The predicted molar refractivity (Wildman–Crippen MR) is 115 cm³/mol. The minimum atomic E-state index is 0.0413. The van der Waals surface area contributed by atoms with Crippen molar-refractivity contribution in [3.05, 3.63) is 54.1 Å². The summed E-state index contributed by atoms with van der Waals surface area (Å²) in [5.74, 6) is 0.919.